The number of carbonyl (C=O) groups excluding carboxylic acids is 1. The zero-order chi connectivity index (χ0) is 14.1. The fourth-order valence-corrected chi connectivity index (χ4v) is 2.56. The van der Waals surface area contributed by atoms with Gasteiger partial charge < -0.3 is 15.4 Å². The number of rotatable bonds is 2. The van der Waals surface area contributed by atoms with Crippen LogP contribution in [-0.4, -0.2) is 42.0 Å². The first kappa shape index (κ1) is 12.9. The standard InChI is InChI=1S/C15H17N3O2/c1-20-14-8-13(15(19)18-7-6-10(16)9-18)17-12-5-3-2-4-11(12)14/h2-5,8,10H,6-7,9,16H2,1H3/t10-/m0/s1. The van der Waals surface area contributed by atoms with E-state index in [4.69, 9.17) is 10.5 Å². The molecule has 5 heteroatoms. The highest BCUT2D eigenvalue weighted by Crippen LogP contribution is 2.26. The number of methoxy groups -OCH3 is 1. The minimum atomic E-state index is -0.0815. The fraction of sp³-hybridized carbons (Fsp3) is 0.333. The van der Waals surface area contributed by atoms with Crippen LogP contribution in [0, 0.1) is 0 Å². The number of para-hydroxylation sites is 1. The van der Waals surface area contributed by atoms with Gasteiger partial charge >= 0.3 is 0 Å². The summed E-state index contributed by atoms with van der Waals surface area (Å²) in [5.41, 5.74) is 7.02. The number of benzene rings is 1. The number of hydrogen-bond donors (Lipinski definition) is 1. The van der Waals surface area contributed by atoms with Gasteiger partial charge in [0, 0.05) is 30.6 Å². The first-order valence-electron chi connectivity index (χ1n) is 6.67. The van der Waals surface area contributed by atoms with Crippen molar-refractivity contribution in [3.05, 3.63) is 36.0 Å². The van der Waals surface area contributed by atoms with Crippen LogP contribution in [0.3, 0.4) is 0 Å². The summed E-state index contributed by atoms with van der Waals surface area (Å²) in [7, 11) is 1.60. The second-order valence-electron chi connectivity index (χ2n) is 5.03. The van der Waals surface area contributed by atoms with Crippen molar-refractivity contribution in [3.8, 4) is 5.75 Å². The molecule has 0 spiro atoms. The number of pyridine rings is 1. The third-order valence-corrected chi connectivity index (χ3v) is 3.63. The van der Waals surface area contributed by atoms with Crippen molar-refractivity contribution in [1.29, 1.82) is 0 Å². The third kappa shape index (κ3) is 2.20. The Bertz CT molecular complexity index is 657. The maximum atomic E-state index is 12.5. The lowest BCUT2D eigenvalue weighted by molar-refractivity contribution is 0.0785. The van der Waals surface area contributed by atoms with Crippen molar-refractivity contribution in [2.75, 3.05) is 20.2 Å². The van der Waals surface area contributed by atoms with Crippen molar-refractivity contribution in [3.63, 3.8) is 0 Å². The summed E-state index contributed by atoms with van der Waals surface area (Å²) in [6.45, 7) is 1.28. The maximum Gasteiger partial charge on any atom is 0.272 e. The Hall–Kier alpha value is -2.14. The average molecular weight is 271 g/mol. The molecule has 1 aliphatic heterocycles. The van der Waals surface area contributed by atoms with E-state index in [1.54, 1.807) is 18.1 Å². The van der Waals surface area contributed by atoms with E-state index >= 15 is 0 Å². The van der Waals surface area contributed by atoms with Gasteiger partial charge in [0.1, 0.15) is 11.4 Å². The van der Waals surface area contributed by atoms with Crippen molar-refractivity contribution < 1.29 is 9.53 Å². The minimum Gasteiger partial charge on any atom is -0.496 e. The molecule has 5 nitrogen and oxygen atoms in total. The smallest absolute Gasteiger partial charge is 0.272 e. The van der Waals surface area contributed by atoms with Crippen LogP contribution >= 0.6 is 0 Å². The zero-order valence-corrected chi connectivity index (χ0v) is 11.4. The number of nitrogens with zero attached hydrogens (tertiary/aromatic N) is 2. The number of hydrogen-bond acceptors (Lipinski definition) is 4. The van der Waals surface area contributed by atoms with Crippen LogP contribution in [0.15, 0.2) is 30.3 Å². The van der Waals surface area contributed by atoms with E-state index in [0.717, 1.165) is 17.3 Å². The van der Waals surface area contributed by atoms with E-state index in [9.17, 15) is 4.79 Å². The van der Waals surface area contributed by atoms with Crippen molar-refractivity contribution in [1.82, 2.24) is 9.88 Å². The predicted octanol–water partition coefficient (Wildman–Crippen LogP) is 1.42. The van der Waals surface area contributed by atoms with E-state index in [2.05, 4.69) is 4.98 Å². The Kier molecular flexibility index (Phi) is 3.28. The molecule has 0 saturated carbocycles. The van der Waals surface area contributed by atoms with E-state index in [1.165, 1.54) is 0 Å². The molecule has 3 rings (SSSR count). The summed E-state index contributed by atoms with van der Waals surface area (Å²) in [5, 5.41) is 0.907. The highest BCUT2D eigenvalue weighted by molar-refractivity contribution is 5.97. The Labute approximate surface area is 117 Å². The summed E-state index contributed by atoms with van der Waals surface area (Å²) in [6, 6.07) is 9.41. The van der Waals surface area contributed by atoms with Crippen LogP contribution < -0.4 is 10.5 Å². The zero-order valence-electron chi connectivity index (χ0n) is 11.4. The topological polar surface area (TPSA) is 68.5 Å². The van der Waals surface area contributed by atoms with Gasteiger partial charge in [-0.3, -0.25) is 4.79 Å². The Morgan fingerprint density at radius 2 is 2.25 bits per heavy atom. The first-order chi connectivity index (χ1) is 9.69. The first-order valence-corrected chi connectivity index (χ1v) is 6.67. The molecule has 1 aromatic heterocycles. The molecule has 20 heavy (non-hydrogen) atoms. The minimum absolute atomic E-state index is 0.0706. The molecular weight excluding hydrogens is 254 g/mol. The summed E-state index contributed by atoms with van der Waals surface area (Å²) >= 11 is 0. The van der Waals surface area contributed by atoms with Crippen LogP contribution in [0.5, 0.6) is 5.75 Å². The predicted molar refractivity (Wildman–Crippen MR) is 76.8 cm³/mol. The lowest BCUT2D eigenvalue weighted by atomic mass is 10.1. The van der Waals surface area contributed by atoms with E-state index < -0.39 is 0 Å². The molecule has 2 aromatic rings. The van der Waals surface area contributed by atoms with Crippen LogP contribution in [0.1, 0.15) is 16.9 Å². The highest BCUT2D eigenvalue weighted by Gasteiger charge is 2.26. The van der Waals surface area contributed by atoms with Gasteiger partial charge in [-0.05, 0) is 18.6 Å². The Morgan fingerprint density at radius 1 is 1.45 bits per heavy atom. The van der Waals surface area contributed by atoms with Gasteiger partial charge in [0.05, 0.1) is 12.6 Å². The fourth-order valence-electron chi connectivity index (χ4n) is 2.56. The van der Waals surface area contributed by atoms with E-state index in [0.29, 0.717) is 24.5 Å². The number of nitrogens with two attached hydrogens (primary N) is 1. The van der Waals surface area contributed by atoms with Gasteiger partial charge in [-0.1, -0.05) is 12.1 Å². The lowest BCUT2D eigenvalue weighted by Gasteiger charge is -2.16. The SMILES string of the molecule is COc1cc(C(=O)N2CC[C@H](N)C2)nc2ccccc12. The number of fused-ring (bicyclic) bond motifs is 1. The van der Waals surface area contributed by atoms with E-state index in [-0.39, 0.29) is 11.9 Å². The second kappa shape index (κ2) is 5.09. The summed E-state index contributed by atoms with van der Waals surface area (Å²) in [6.07, 6.45) is 0.844. The summed E-state index contributed by atoms with van der Waals surface area (Å²) in [5.74, 6) is 0.587. The van der Waals surface area contributed by atoms with Crippen LogP contribution in [0.2, 0.25) is 0 Å². The maximum absolute atomic E-state index is 12.5. The Balaban J connectivity index is 2.01. The molecule has 1 fully saturated rings. The number of likely N-dealkylation sites (tertiary alicyclic amines) is 1. The summed E-state index contributed by atoms with van der Waals surface area (Å²) in [4.78, 5) is 18.6. The van der Waals surface area contributed by atoms with Crippen molar-refractivity contribution in [2.45, 2.75) is 12.5 Å². The van der Waals surface area contributed by atoms with Crippen LogP contribution in [0.25, 0.3) is 10.9 Å². The quantitative estimate of drug-likeness (QED) is 0.897. The van der Waals surface area contributed by atoms with Crippen LogP contribution in [-0.2, 0) is 0 Å². The monoisotopic (exact) mass is 271 g/mol. The largest absolute Gasteiger partial charge is 0.496 e. The molecule has 1 amide bonds. The van der Waals surface area contributed by atoms with Gasteiger partial charge in [0.15, 0.2) is 0 Å². The molecule has 2 N–H and O–H groups in total. The highest BCUT2D eigenvalue weighted by atomic mass is 16.5. The third-order valence-electron chi connectivity index (χ3n) is 3.63. The molecule has 104 valence electrons. The van der Waals surface area contributed by atoms with Gasteiger partial charge in [0.2, 0.25) is 0 Å². The van der Waals surface area contributed by atoms with Gasteiger partial charge in [-0.15, -0.1) is 0 Å². The van der Waals surface area contributed by atoms with Crippen LogP contribution in [0.4, 0.5) is 0 Å². The lowest BCUT2D eigenvalue weighted by Crippen LogP contribution is -2.32. The molecule has 0 unspecified atom stereocenters. The Morgan fingerprint density at radius 3 is 2.95 bits per heavy atom. The molecule has 0 radical (unpaired) electrons. The molecule has 1 aliphatic rings. The molecule has 1 saturated heterocycles. The molecule has 2 heterocycles. The normalized spacial score (nSPS) is 18.5. The van der Waals surface area contributed by atoms with Gasteiger partial charge in [-0.25, -0.2) is 4.98 Å². The average Bonchev–Trinajstić information content (AvgIpc) is 2.91. The number of aromatic nitrogens is 1. The van der Waals surface area contributed by atoms with Crippen molar-refractivity contribution in [2.24, 2.45) is 5.73 Å². The van der Waals surface area contributed by atoms with E-state index in [1.807, 2.05) is 24.3 Å². The van der Waals surface area contributed by atoms with Crippen molar-refractivity contribution >= 4 is 16.8 Å². The van der Waals surface area contributed by atoms with Gasteiger partial charge in [-0.2, -0.15) is 0 Å². The van der Waals surface area contributed by atoms with Gasteiger partial charge in [0.25, 0.3) is 5.91 Å². The number of ether oxygens (including phenoxy) is 1. The number of carbonyl (C=O) groups is 1. The molecule has 1 aromatic carbocycles. The molecule has 0 bridgehead atoms. The number of amides is 1. The molecular formula is C15H17N3O2. The summed E-state index contributed by atoms with van der Waals surface area (Å²) < 4.78 is 5.37. The molecule has 0 aliphatic carbocycles. The molecule has 1 atom stereocenters. The second-order valence-corrected chi connectivity index (χ2v) is 5.03.